The van der Waals surface area contributed by atoms with E-state index in [1.54, 1.807) is 6.08 Å². The lowest BCUT2D eigenvalue weighted by atomic mass is 9.99. The zero-order chi connectivity index (χ0) is 7.72. The van der Waals surface area contributed by atoms with Gasteiger partial charge in [0.2, 0.25) is 0 Å². The third-order valence-corrected chi connectivity index (χ3v) is 2.14. The average molecular weight is 159 g/mol. The first-order chi connectivity index (χ1) is 4.61. The fourth-order valence-corrected chi connectivity index (χ4v) is 1.10. The molecule has 0 radical (unpaired) electrons. The van der Waals surface area contributed by atoms with Crippen LogP contribution in [0.3, 0.4) is 0 Å². The van der Waals surface area contributed by atoms with E-state index in [0.29, 0.717) is 11.4 Å². The van der Waals surface area contributed by atoms with E-state index < -0.39 is 0 Å². The van der Waals surface area contributed by atoms with Crippen molar-refractivity contribution in [1.29, 1.82) is 0 Å². The van der Waals surface area contributed by atoms with Gasteiger partial charge in [0.25, 0.3) is 0 Å². The van der Waals surface area contributed by atoms with Crippen molar-refractivity contribution < 1.29 is 0 Å². The lowest BCUT2D eigenvalue weighted by molar-refractivity contribution is 0.726. The largest absolute Gasteiger partial charge is 0.397 e. The Morgan fingerprint density at radius 1 is 1.30 bits per heavy atom. The molecule has 0 saturated heterocycles. The fourth-order valence-electron chi connectivity index (χ4n) is 0.891. The van der Waals surface area contributed by atoms with E-state index in [4.69, 9.17) is 23.1 Å². The van der Waals surface area contributed by atoms with Crippen LogP contribution in [-0.4, -0.2) is 5.38 Å². The average Bonchev–Trinajstić information content (AvgIpc) is 1.84. The summed E-state index contributed by atoms with van der Waals surface area (Å²) in [4.78, 5) is 0. The van der Waals surface area contributed by atoms with Gasteiger partial charge in [-0.3, -0.25) is 0 Å². The molecular formula is C7H11ClN2. The number of nitrogens with two attached hydrogens (primary N) is 2. The van der Waals surface area contributed by atoms with Crippen LogP contribution in [0.1, 0.15) is 6.92 Å². The monoisotopic (exact) mass is 158 g/mol. The van der Waals surface area contributed by atoms with Gasteiger partial charge in [-0.15, -0.1) is 11.6 Å². The van der Waals surface area contributed by atoms with Crippen LogP contribution in [0, 0.1) is 5.92 Å². The first-order valence-electron chi connectivity index (χ1n) is 3.20. The molecule has 4 N–H and O–H groups in total. The van der Waals surface area contributed by atoms with E-state index in [-0.39, 0.29) is 11.3 Å². The SMILES string of the molecule is CC1C=C(N)C(N)=C[C@H]1Cl. The van der Waals surface area contributed by atoms with Crippen LogP contribution >= 0.6 is 11.6 Å². The van der Waals surface area contributed by atoms with Crippen molar-refractivity contribution in [3.63, 3.8) is 0 Å². The molecular weight excluding hydrogens is 148 g/mol. The normalized spacial score (nSPS) is 33.0. The van der Waals surface area contributed by atoms with Crippen molar-refractivity contribution in [2.45, 2.75) is 12.3 Å². The van der Waals surface area contributed by atoms with E-state index in [1.165, 1.54) is 0 Å². The van der Waals surface area contributed by atoms with E-state index in [0.717, 1.165) is 0 Å². The van der Waals surface area contributed by atoms with Crippen molar-refractivity contribution in [3.8, 4) is 0 Å². The first-order valence-corrected chi connectivity index (χ1v) is 3.64. The zero-order valence-corrected chi connectivity index (χ0v) is 6.60. The Morgan fingerprint density at radius 2 is 1.80 bits per heavy atom. The molecule has 10 heavy (non-hydrogen) atoms. The molecule has 0 aromatic rings. The van der Waals surface area contributed by atoms with Gasteiger partial charge in [0.05, 0.1) is 16.8 Å². The molecule has 2 nitrogen and oxygen atoms in total. The van der Waals surface area contributed by atoms with Crippen molar-refractivity contribution in [2.75, 3.05) is 0 Å². The van der Waals surface area contributed by atoms with Crippen molar-refractivity contribution in [3.05, 3.63) is 23.5 Å². The van der Waals surface area contributed by atoms with Crippen LogP contribution in [-0.2, 0) is 0 Å². The third-order valence-electron chi connectivity index (χ3n) is 1.62. The maximum atomic E-state index is 5.87. The Kier molecular flexibility index (Phi) is 1.90. The van der Waals surface area contributed by atoms with Crippen LogP contribution in [0.5, 0.6) is 0 Å². The highest BCUT2D eigenvalue weighted by molar-refractivity contribution is 6.22. The molecule has 0 bridgehead atoms. The number of hydrogen-bond acceptors (Lipinski definition) is 2. The quantitative estimate of drug-likeness (QED) is 0.516. The molecule has 0 aromatic carbocycles. The van der Waals surface area contributed by atoms with Crippen LogP contribution in [0.15, 0.2) is 23.5 Å². The summed E-state index contributed by atoms with van der Waals surface area (Å²) in [6.07, 6.45) is 3.66. The molecule has 1 aliphatic carbocycles. The molecule has 0 aliphatic heterocycles. The molecule has 2 atom stereocenters. The molecule has 0 saturated carbocycles. The number of alkyl halides is 1. The highest BCUT2D eigenvalue weighted by atomic mass is 35.5. The van der Waals surface area contributed by atoms with Crippen LogP contribution < -0.4 is 11.5 Å². The van der Waals surface area contributed by atoms with E-state index in [9.17, 15) is 0 Å². The molecule has 0 amide bonds. The molecule has 1 rings (SSSR count). The minimum Gasteiger partial charge on any atom is -0.397 e. The van der Waals surface area contributed by atoms with Crippen molar-refractivity contribution >= 4 is 11.6 Å². The Bertz CT molecular complexity index is 174. The molecule has 0 aromatic heterocycles. The van der Waals surface area contributed by atoms with Crippen LogP contribution in [0.25, 0.3) is 0 Å². The van der Waals surface area contributed by atoms with Gasteiger partial charge in [0.15, 0.2) is 0 Å². The Balaban J connectivity index is 2.83. The highest BCUT2D eigenvalue weighted by Gasteiger charge is 2.15. The Hall–Kier alpha value is -0.630. The van der Waals surface area contributed by atoms with Gasteiger partial charge < -0.3 is 11.5 Å². The summed E-state index contributed by atoms with van der Waals surface area (Å²) in [5.41, 5.74) is 12.3. The maximum Gasteiger partial charge on any atom is 0.0600 e. The predicted molar refractivity (Wildman–Crippen MR) is 43.3 cm³/mol. The Morgan fingerprint density at radius 3 is 2.30 bits per heavy atom. The summed E-state index contributed by atoms with van der Waals surface area (Å²) in [7, 11) is 0. The Labute approximate surface area is 65.5 Å². The maximum absolute atomic E-state index is 5.87. The van der Waals surface area contributed by atoms with Crippen LogP contribution in [0.2, 0.25) is 0 Å². The standard InChI is InChI=1S/C7H11ClN2/c1-4-2-6(9)7(10)3-5(4)8/h2-5H,9-10H2,1H3/t4?,5-/m1/s1. The van der Waals surface area contributed by atoms with E-state index >= 15 is 0 Å². The second kappa shape index (κ2) is 2.54. The topological polar surface area (TPSA) is 52.0 Å². The summed E-state index contributed by atoms with van der Waals surface area (Å²) in [5, 5.41) is -0.00713. The van der Waals surface area contributed by atoms with Gasteiger partial charge in [-0.25, -0.2) is 0 Å². The van der Waals surface area contributed by atoms with Gasteiger partial charge in [0.1, 0.15) is 0 Å². The second-order valence-electron chi connectivity index (χ2n) is 2.55. The lowest BCUT2D eigenvalue weighted by Crippen LogP contribution is -2.20. The molecule has 0 heterocycles. The molecule has 0 fully saturated rings. The number of halogens is 1. The molecule has 56 valence electrons. The minimum atomic E-state index is -0.00713. The number of allylic oxidation sites excluding steroid dienone is 2. The molecule has 0 spiro atoms. The van der Waals surface area contributed by atoms with Gasteiger partial charge >= 0.3 is 0 Å². The van der Waals surface area contributed by atoms with Gasteiger partial charge in [-0.2, -0.15) is 0 Å². The number of rotatable bonds is 0. The zero-order valence-electron chi connectivity index (χ0n) is 5.84. The summed E-state index contributed by atoms with van der Waals surface area (Å²) >= 11 is 5.87. The van der Waals surface area contributed by atoms with Crippen molar-refractivity contribution in [1.82, 2.24) is 0 Å². The van der Waals surface area contributed by atoms with E-state index in [1.807, 2.05) is 13.0 Å². The predicted octanol–water partition coefficient (Wildman–Crippen LogP) is 0.929. The number of hydrogen-bond donors (Lipinski definition) is 2. The lowest BCUT2D eigenvalue weighted by Gasteiger charge is -2.18. The summed E-state index contributed by atoms with van der Waals surface area (Å²) in [6.45, 7) is 2.01. The van der Waals surface area contributed by atoms with E-state index in [2.05, 4.69) is 0 Å². The van der Waals surface area contributed by atoms with Crippen LogP contribution in [0.4, 0.5) is 0 Å². The molecule has 3 heteroatoms. The fraction of sp³-hybridized carbons (Fsp3) is 0.429. The summed E-state index contributed by atoms with van der Waals surface area (Å²) in [5.74, 6) is 0.286. The summed E-state index contributed by atoms with van der Waals surface area (Å²) < 4.78 is 0. The minimum absolute atomic E-state index is 0.00713. The van der Waals surface area contributed by atoms with Gasteiger partial charge in [0, 0.05) is 0 Å². The highest BCUT2D eigenvalue weighted by Crippen LogP contribution is 2.21. The molecule has 1 aliphatic rings. The first kappa shape index (κ1) is 7.48. The van der Waals surface area contributed by atoms with Crippen molar-refractivity contribution in [2.24, 2.45) is 17.4 Å². The third kappa shape index (κ3) is 1.27. The second-order valence-corrected chi connectivity index (χ2v) is 3.05. The molecule has 1 unspecified atom stereocenters. The smallest absolute Gasteiger partial charge is 0.0600 e. The summed E-state index contributed by atoms with van der Waals surface area (Å²) in [6, 6.07) is 0. The van der Waals surface area contributed by atoms with Gasteiger partial charge in [-0.1, -0.05) is 13.0 Å². The van der Waals surface area contributed by atoms with Gasteiger partial charge in [-0.05, 0) is 12.0 Å².